The Balaban J connectivity index is 0.000000168. The number of imidazole rings is 3. The Labute approximate surface area is 347 Å². The second kappa shape index (κ2) is 19.7. The highest BCUT2D eigenvalue weighted by molar-refractivity contribution is 5.36. The number of hydrogen-bond donors (Lipinski definition) is 0. The third-order valence-electron chi connectivity index (χ3n) is 13.2. The van der Waals surface area contributed by atoms with E-state index >= 15 is 0 Å². The van der Waals surface area contributed by atoms with Crippen molar-refractivity contribution in [3.63, 3.8) is 0 Å². The molecule has 57 heavy (non-hydrogen) atoms. The van der Waals surface area contributed by atoms with Crippen LogP contribution in [-0.4, -0.2) is 103 Å². The van der Waals surface area contributed by atoms with E-state index in [4.69, 9.17) is 0 Å². The maximum atomic E-state index is 4.60. The molecule has 8 rings (SSSR count). The van der Waals surface area contributed by atoms with E-state index in [1.807, 2.05) is 6.20 Å². The minimum atomic E-state index is 0. The molecule has 0 amide bonds. The van der Waals surface area contributed by atoms with Gasteiger partial charge in [0.05, 0.1) is 29.3 Å². The van der Waals surface area contributed by atoms with Crippen molar-refractivity contribution in [2.75, 3.05) is 26.2 Å². The standard InChI is InChI=1S/C13H22N2.2C11H19N3.C10H17N3.CH4/c1-9(2)14-6-7-15-12(5)10(3)11(4)13(15)8-14;1-8(2)13-5-6-14-10(4)12-9(3)11(14)7-13;1-8(2)13-5-6-14-10(4)9(3)12-11(14)7-13;1-8(2)12-4-5-13-9(3)11-6-10(13)7-12;/h9H,6-8H2,1-5H3;2*8H,5-7H2,1-4H3;6,8H,4-5,7H2,1-3H3;1H4. The van der Waals surface area contributed by atoms with E-state index in [2.05, 4.69) is 164 Å². The molecule has 4 aromatic heterocycles. The lowest BCUT2D eigenvalue weighted by atomic mass is 10.1. The largest absolute Gasteiger partial charge is 0.346 e. The molecule has 0 spiro atoms. The fourth-order valence-electron chi connectivity index (χ4n) is 8.71. The highest BCUT2D eigenvalue weighted by Crippen LogP contribution is 2.26. The zero-order chi connectivity index (χ0) is 41.2. The van der Waals surface area contributed by atoms with Crippen molar-refractivity contribution in [2.45, 2.75) is 195 Å². The number of hydrogen-bond acceptors (Lipinski definition) is 7. The summed E-state index contributed by atoms with van der Waals surface area (Å²) in [6.45, 7) is 48.7. The molecule has 8 heterocycles. The molecule has 11 heteroatoms. The first kappa shape index (κ1) is 46.4. The predicted octanol–water partition coefficient (Wildman–Crippen LogP) is 8.14. The lowest BCUT2D eigenvalue weighted by Gasteiger charge is -2.32. The molecular formula is C46H81N11. The van der Waals surface area contributed by atoms with E-state index < -0.39 is 0 Å². The van der Waals surface area contributed by atoms with E-state index in [0.29, 0.717) is 24.2 Å². The number of aromatic nitrogens is 7. The van der Waals surface area contributed by atoms with Crippen LogP contribution in [0.1, 0.15) is 131 Å². The normalized spacial score (nSPS) is 17.2. The average Bonchev–Trinajstić information content (AvgIpc) is 3.85. The van der Waals surface area contributed by atoms with Crippen LogP contribution in [0.4, 0.5) is 0 Å². The van der Waals surface area contributed by atoms with Crippen LogP contribution >= 0.6 is 0 Å². The Hall–Kier alpha value is -3.25. The summed E-state index contributed by atoms with van der Waals surface area (Å²) < 4.78 is 9.53. The maximum Gasteiger partial charge on any atom is 0.123 e. The monoisotopic (exact) mass is 788 g/mol. The fourth-order valence-corrected chi connectivity index (χ4v) is 8.71. The van der Waals surface area contributed by atoms with Gasteiger partial charge >= 0.3 is 0 Å². The van der Waals surface area contributed by atoms with Gasteiger partial charge in [0, 0.05) is 119 Å². The molecule has 4 aromatic rings. The van der Waals surface area contributed by atoms with Crippen LogP contribution in [0.25, 0.3) is 0 Å². The Morgan fingerprint density at radius 1 is 0.439 bits per heavy atom. The molecule has 0 radical (unpaired) electrons. The van der Waals surface area contributed by atoms with E-state index in [1.54, 1.807) is 0 Å². The van der Waals surface area contributed by atoms with Crippen LogP contribution in [0, 0.1) is 55.4 Å². The summed E-state index contributed by atoms with van der Waals surface area (Å²) in [4.78, 5) is 23.5. The molecule has 0 N–H and O–H groups in total. The highest BCUT2D eigenvalue weighted by Gasteiger charge is 2.25. The minimum absolute atomic E-state index is 0. The topological polar surface area (TPSA) is 71.4 Å². The van der Waals surface area contributed by atoms with Crippen molar-refractivity contribution in [3.8, 4) is 0 Å². The molecule has 4 aliphatic heterocycles. The Bertz CT molecular complexity index is 1900. The molecule has 0 bridgehead atoms. The van der Waals surface area contributed by atoms with Crippen molar-refractivity contribution in [2.24, 2.45) is 0 Å². The number of nitrogens with zero attached hydrogens (tertiary/aromatic N) is 11. The lowest BCUT2D eigenvalue weighted by molar-refractivity contribution is 0.172. The SMILES string of the molecule is C.Cc1c(C)c2n(c1C)CCN(C(C)C)C2.Cc1nc(C)n2c1CN(C(C)C)CC2.Cc1nc2n(c1C)CCN(C(C)C)C2.Cc1ncc2n1CCN(C(C)C)C2. The van der Waals surface area contributed by atoms with Gasteiger partial charge in [-0.25, -0.2) is 15.0 Å². The smallest absolute Gasteiger partial charge is 0.123 e. The minimum Gasteiger partial charge on any atom is -0.346 e. The van der Waals surface area contributed by atoms with Crippen LogP contribution in [0.2, 0.25) is 0 Å². The molecule has 0 atom stereocenters. The van der Waals surface area contributed by atoms with Crippen LogP contribution < -0.4 is 0 Å². The summed E-state index contributed by atoms with van der Waals surface area (Å²) in [6.07, 6.45) is 2.00. The van der Waals surface area contributed by atoms with Gasteiger partial charge in [0.2, 0.25) is 0 Å². The summed E-state index contributed by atoms with van der Waals surface area (Å²) in [7, 11) is 0. The second-order valence-electron chi connectivity index (χ2n) is 17.8. The zero-order valence-electron chi connectivity index (χ0n) is 38.3. The van der Waals surface area contributed by atoms with Crippen molar-refractivity contribution in [1.82, 2.24) is 52.8 Å². The first-order valence-electron chi connectivity index (χ1n) is 21.6. The zero-order valence-corrected chi connectivity index (χ0v) is 38.3. The van der Waals surface area contributed by atoms with Crippen molar-refractivity contribution < 1.29 is 0 Å². The van der Waals surface area contributed by atoms with E-state index in [9.17, 15) is 0 Å². The van der Waals surface area contributed by atoms with Gasteiger partial charge in [-0.15, -0.1) is 0 Å². The van der Waals surface area contributed by atoms with Gasteiger partial charge in [0.25, 0.3) is 0 Å². The van der Waals surface area contributed by atoms with Crippen molar-refractivity contribution in [3.05, 3.63) is 74.7 Å². The summed E-state index contributed by atoms with van der Waals surface area (Å²) in [6, 6.07) is 2.57. The molecule has 11 nitrogen and oxygen atoms in total. The van der Waals surface area contributed by atoms with Gasteiger partial charge in [-0.2, -0.15) is 0 Å². The van der Waals surface area contributed by atoms with E-state index in [0.717, 1.165) is 77.8 Å². The molecule has 0 aliphatic carbocycles. The van der Waals surface area contributed by atoms with Gasteiger partial charge in [-0.3, -0.25) is 19.6 Å². The molecule has 320 valence electrons. The maximum absolute atomic E-state index is 4.60. The van der Waals surface area contributed by atoms with Gasteiger partial charge in [0.15, 0.2) is 0 Å². The van der Waals surface area contributed by atoms with Crippen LogP contribution in [-0.2, 0) is 52.4 Å². The summed E-state index contributed by atoms with van der Waals surface area (Å²) in [5, 5.41) is 0. The molecule has 4 aliphatic rings. The van der Waals surface area contributed by atoms with Crippen LogP contribution in [0.5, 0.6) is 0 Å². The molecule has 0 aromatic carbocycles. The van der Waals surface area contributed by atoms with Gasteiger partial charge in [-0.1, -0.05) is 7.43 Å². The van der Waals surface area contributed by atoms with Gasteiger partial charge in [-0.05, 0) is 122 Å². The van der Waals surface area contributed by atoms with Gasteiger partial charge in [0.1, 0.15) is 17.5 Å². The van der Waals surface area contributed by atoms with Crippen LogP contribution in [0.15, 0.2) is 6.20 Å². The first-order chi connectivity index (χ1) is 26.4. The summed E-state index contributed by atoms with van der Waals surface area (Å²) >= 11 is 0. The second-order valence-corrected chi connectivity index (χ2v) is 17.8. The molecular weight excluding hydrogens is 707 g/mol. The summed E-state index contributed by atoms with van der Waals surface area (Å²) in [5.74, 6) is 3.55. The lowest BCUT2D eigenvalue weighted by Crippen LogP contribution is -2.38. The number of fused-ring (bicyclic) bond motifs is 4. The highest BCUT2D eigenvalue weighted by atomic mass is 15.3. The number of rotatable bonds is 4. The van der Waals surface area contributed by atoms with E-state index in [-0.39, 0.29) is 7.43 Å². The quantitative estimate of drug-likeness (QED) is 0.207. The fraction of sp³-hybridized carbons (Fsp3) is 0.717. The summed E-state index contributed by atoms with van der Waals surface area (Å²) in [5.41, 5.74) is 12.5. The Morgan fingerprint density at radius 3 is 1.47 bits per heavy atom. The van der Waals surface area contributed by atoms with Crippen molar-refractivity contribution >= 4 is 0 Å². The molecule has 0 fully saturated rings. The average molecular weight is 788 g/mol. The third-order valence-corrected chi connectivity index (χ3v) is 13.2. The van der Waals surface area contributed by atoms with Crippen molar-refractivity contribution in [1.29, 1.82) is 0 Å². The number of aryl methyl sites for hydroxylation is 4. The first-order valence-corrected chi connectivity index (χ1v) is 21.6. The van der Waals surface area contributed by atoms with Gasteiger partial charge < -0.3 is 18.3 Å². The molecule has 0 unspecified atom stereocenters. The molecule has 0 saturated carbocycles. The van der Waals surface area contributed by atoms with Crippen LogP contribution in [0.3, 0.4) is 0 Å². The Kier molecular flexibility index (Phi) is 16.0. The molecule has 0 saturated heterocycles. The van der Waals surface area contributed by atoms with E-state index in [1.165, 1.54) is 69.2 Å². The Morgan fingerprint density at radius 2 is 0.912 bits per heavy atom. The predicted molar refractivity (Wildman–Crippen MR) is 238 cm³/mol. The third kappa shape index (κ3) is 10.5.